The molecule has 1 aliphatic carbocycles. The summed E-state index contributed by atoms with van der Waals surface area (Å²) in [7, 11) is -2.13. The standard InChI is InChI=1S/C20H27N3O4S2/c1-13(2)27-20(24)23-15-10-8-14(9-11-15)19-22-12-17(28-19)16-6-4-5-7-18(16)29(25,26)21-3/h4-7,12-15,21H,8-11H2,1-3H3,(H,23,24)/t14-,15-. The van der Waals surface area contributed by atoms with E-state index in [-0.39, 0.29) is 23.1 Å². The maximum absolute atomic E-state index is 12.3. The molecule has 2 aromatic rings. The smallest absolute Gasteiger partial charge is 0.407 e. The molecule has 0 radical (unpaired) electrons. The maximum atomic E-state index is 12.3. The first-order valence-electron chi connectivity index (χ1n) is 9.76. The van der Waals surface area contributed by atoms with Crippen LogP contribution in [0.15, 0.2) is 35.4 Å². The average Bonchev–Trinajstić information content (AvgIpc) is 3.18. The van der Waals surface area contributed by atoms with Crippen LogP contribution < -0.4 is 10.0 Å². The van der Waals surface area contributed by atoms with Gasteiger partial charge < -0.3 is 10.1 Å². The maximum Gasteiger partial charge on any atom is 0.407 e. The molecule has 1 saturated carbocycles. The lowest BCUT2D eigenvalue weighted by atomic mass is 9.86. The van der Waals surface area contributed by atoms with Gasteiger partial charge in [-0.3, -0.25) is 0 Å². The molecule has 1 aromatic heterocycles. The van der Waals surface area contributed by atoms with Crippen LogP contribution in [0.5, 0.6) is 0 Å². The van der Waals surface area contributed by atoms with Gasteiger partial charge in [-0.2, -0.15) is 0 Å². The van der Waals surface area contributed by atoms with E-state index in [1.807, 2.05) is 26.0 Å². The van der Waals surface area contributed by atoms with Gasteiger partial charge in [-0.1, -0.05) is 18.2 Å². The highest BCUT2D eigenvalue weighted by atomic mass is 32.2. The Morgan fingerprint density at radius 1 is 1.21 bits per heavy atom. The van der Waals surface area contributed by atoms with Crippen LogP contribution in [0, 0.1) is 0 Å². The largest absolute Gasteiger partial charge is 0.447 e. The summed E-state index contributed by atoms with van der Waals surface area (Å²) in [6, 6.07) is 7.08. The van der Waals surface area contributed by atoms with Gasteiger partial charge in [0, 0.05) is 23.7 Å². The van der Waals surface area contributed by atoms with Crippen LogP contribution in [0.4, 0.5) is 4.79 Å². The topological polar surface area (TPSA) is 97.4 Å². The van der Waals surface area contributed by atoms with Crippen molar-refractivity contribution in [1.29, 1.82) is 0 Å². The van der Waals surface area contributed by atoms with Crippen molar-refractivity contribution in [1.82, 2.24) is 15.0 Å². The minimum Gasteiger partial charge on any atom is -0.447 e. The molecule has 0 aliphatic heterocycles. The van der Waals surface area contributed by atoms with Crippen molar-refractivity contribution in [3.05, 3.63) is 35.5 Å². The monoisotopic (exact) mass is 437 g/mol. The molecular weight excluding hydrogens is 410 g/mol. The lowest BCUT2D eigenvalue weighted by Gasteiger charge is -2.28. The third-order valence-corrected chi connectivity index (χ3v) is 7.64. The zero-order valence-electron chi connectivity index (χ0n) is 16.8. The van der Waals surface area contributed by atoms with Crippen LogP contribution in [0.25, 0.3) is 10.4 Å². The number of alkyl carbamates (subject to hydrolysis) is 1. The fourth-order valence-electron chi connectivity index (χ4n) is 3.51. The molecule has 1 heterocycles. The highest BCUT2D eigenvalue weighted by Gasteiger charge is 2.27. The number of ether oxygens (including phenoxy) is 1. The lowest BCUT2D eigenvalue weighted by molar-refractivity contribution is 0.109. The molecule has 0 unspecified atom stereocenters. The summed E-state index contributed by atoms with van der Waals surface area (Å²) in [5, 5.41) is 3.95. The molecule has 0 saturated heterocycles. The molecule has 9 heteroatoms. The zero-order valence-corrected chi connectivity index (χ0v) is 18.5. The van der Waals surface area contributed by atoms with Crippen LogP contribution in [0.1, 0.15) is 50.5 Å². The summed E-state index contributed by atoms with van der Waals surface area (Å²) >= 11 is 1.54. The Morgan fingerprint density at radius 3 is 2.55 bits per heavy atom. The first-order valence-corrected chi connectivity index (χ1v) is 12.1. The number of benzene rings is 1. The van der Waals surface area contributed by atoms with Gasteiger partial charge in [0.05, 0.1) is 20.9 Å². The lowest BCUT2D eigenvalue weighted by Crippen LogP contribution is -2.38. The van der Waals surface area contributed by atoms with Gasteiger partial charge >= 0.3 is 6.09 Å². The van der Waals surface area contributed by atoms with Gasteiger partial charge in [0.2, 0.25) is 10.0 Å². The molecular formula is C20H27N3O4S2. The number of aromatic nitrogens is 1. The number of sulfonamides is 1. The minimum atomic E-state index is -3.54. The number of hydrogen-bond donors (Lipinski definition) is 2. The van der Waals surface area contributed by atoms with E-state index in [0.29, 0.717) is 11.5 Å². The van der Waals surface area contributed by atoms with Gasteiger partial charge in [0.1, 0.15) is 0 Å². The Labute approximate surface area is 175 Å². The second kappa shape index (κ2) is 9.23. The molecule has 0 spiro atoms. The number of amides is 1. The third-order valence-electron chi connectivity index (χ3n) is 4.98. The fourth-order valence-corrected chi connectivity index (χ4v) is 5.65. The van der Waals surface area contributed by atoms with E-state index >= 15 is 0 Å². The van der Waals surface area contributed by atoms with Crippen LogP contribution >= 0.6 is 11.3 Å². The molecule has 29 heavy (non-hydrogen) atoms. The van der Waals surface area contributed by atoms with E-state index in [0.717, 1.165) is 35.6 Å². The summed E-state index contributed by atoms with van der Waals surface area (Å²) in [5.41, 5.74) is 0.664. The van der Waals surface area contributed by atoms with E-state index in [1.165, 1.54) is 7.05 Å². The molecule has 1 aromatic carbocycles. The van der Waals surface area contributed by atoms with Crippen molar-refractivity contribution in [2.24, 2.45) is 0 Å². The van der Waals surface area contributed by atoms with E-state index in [2.05, 4.69) is 15.0 Å². The van der Waals surface area contributed by atoms with E-state index in [1.54, 1.807) is 29.7 Å². The van der Waals surface area contributed by atoms with Gasteiger partial charge in [0.25, 0.3) is 0 Å². The molecule has 1 aliphatic rings. The van der Waals surface area contributed by atoms with Crippen molar-refractivity contribution in [3.8, 4) is 10.4 Å². The summed E-state index contributed by atoms with van der Waals surface area (Å²) in [5.74, 6) is 0.320. The van der Waals surface area contributed by atoms with Crippen molar-refractivity contribution in [3.63, 3.8) is 0 Å². The van der Waals surface area contributed by atoms with Gasteiger partial charge in [-0.15, -0.1) is 11.3 Å². The van der Waals surface area contributed by atoms with Crippen LogP contribution in [-0.4, -0.2) is 38.7 Å². The predicted octanol–water partition coefficient (Wildman–Crippen LogP) is 3.88. The van der Waals surface area contributed by atoms with Crippen molar-refractivity contribution >= 4 is 27.5 Å². The first kappa shape index (κ1) is 21.7. The van der Waals surface area contributed by atoms with E-state index in [9.17, 15) is 13.2 Å². The van der Waals surface area contributed by atoms with Crippen molar-refractivity contribution < 1.29 is 17.9 Å². The van der Waals surface area contributed by atoms with Crippen LogP contribution in [-0.2, 0) is 14.8 Å². The average molecular weight is 438 g/mol. The summed E-state index contributed by atoms with van der Waals surface area (Å²) in [6.45, 7) is 3.66. The number of thiazole rings is 1. The molecule has 3 rings (SSSR count). The van der Waals surface area contributed by atoms with E-state index < -0.39 is 10.0 Å². The van der Waals surface area contributed by atoms with E-state index in [4.69, 9.17) is 4.74 Å². The van der Waals surface area contributed by atoms with Crippen molar-refractivity contribution in [2.45, 2.75) is 62.5 Å². The normalized spacial score (nSPS) is 19.9. The van der Waals surface area contributed by atoms with Crippen LogP contribution in [0.3, 0.4) is 0 Å². The zero-order chi connectivity index (χ0) is 21.0. The molecule has 0 atom stereocenters. The summed E-state index contributed by atoms with van der Waals surface area (Å²) < 4.78 is 32.2. The molecule has 1 amide bonds. The van der Waals surface area contributed by atoms with Gasteiger partial charge in [-0.25, -0.2) is 22.9 Å². The van der Waals surface area contributed by atoms with Gasteiger partial charge in [-0.05, 0) is 52.6 Å². The SMILES string of the molecule is CNS(=O)(=O)c1ccccc1-c1cnc([C@H]2CC[C@H](NC(=O)OC(C)C)CC2)s1. The summed E-state index contributed by atoms with van der Waals surface area (Å²) in [6.07, 6.45) is 4.87. The molecule has 1 fully saturated rings. The van der Waals surface area contributed by atoms with Crippen LogP contribution in [0.2, 0.25) is 0 Å². The Balaban J connectivity index is 1.68. The Kier molecular flexibility index (Phi) is 6.92. The molecule has 7 nitrogen and oxygen atoms in total. The second-order valence-corrected chi connectivity index (χ2v) is 10.3. The van der Waals surface area contributed by atoms with Crippen molar-refractivity contribution in [2.75, 3.05) is 7.05 Å². The number of carbonyl (C=O) groups excluding carboxylic acids is 1. The summed E-state index contributed by atoms with van der Waals surface area (Å²) in [4.78, 5) is 17.5. The first-order chi connectivity index (χ1) is 13.8. The third kappa shape index (κ3) is 5.34. The highest BCUT2D eigenvalue weighted by molar-refractivity contribution is 7.89. The molecule has 158 valence electrons. The quantitative estimate of drug-likeness (QED) is 0.715. The number of hydrogen-bond acceptors (Lipinski definition) is 6. The number of carbonyl (C=O) groups is 1. The highest BCUT2D eigenvalue weighted by Crippen LogP contribution is 2.39. The predicted molar refractivity (Wildman–Crippen MR) is 114 cm³/mol. The van der Waals surface area contributed by atoms with Gasteiger partial charge in [0.15, 0.2) is 0 Å². The Hall–Kier alpha value is -1.97. The fraction of sp³-hybridized carbons (Fsp3) is 0.500. The number of rotatable bonds is 6. The molecule has 2 N–H and O–H groups in total. The number of nitrogens with zero attached hydrogens (tertiary/aromatic N) is 1. The number of nitrogens with one attached hydrogen (secondary N) is 2. The second-order valence-electron chi connectivity index (χ2n) is 7.41. The Morgan fingerprint density at radius 2 is 1.90 bits per heavy atom. The minimum absolute atomic E-state index is 0.124. The molecule has 0 bridgehead atoms. The Bertz CT molecular complexity index is 948.